The van der Waals surface area contributed by atoms with E-state index in [1.54, 1.807) is 0 Å². The molecule has 0 bridgehead atoms. The van der Waals surface area contributed by atoms with Crippen LogP contribution < -0.4 is 9.46 Å². The van der Waals surface area contributed by atoms with Gasteiger partial charge in [-0.15, -0.1) is 0 Å². The fraction of sp³-hybridized carbons (Fsp3) is 0.143. The molecule has 0 saturated heterocycles. The smallest absolute Gasteiger partial charge is 0.271 e. The first kappa shape index (κ1) is 24.2. The van der Waals surface area contributed by atoms with Gasteiger partial charge in [-0.25, -0.2) is 16.8 Å². The lowest BCUT2D eigenvalue weighted by Gasteiger charge is -2.18. The maximum absolute atomic E-state index is 12.8. The van der Waals surface area contributed by atoms with Gasteiger partial charge >= 0.3 is 0 Å². The van der Waals surface area contributed by atoms with E-state index in [1.165, 1.54) is 48.8 Å². The molecule has 0 fully saturated rings. The predicted octanol–water partition coefficient (Wildman–Crippen LogP) is 3.22. The maximum Gasteiger partial charge on any atom is 0.271 e. The summed E-state index contributed by atoms with van der Waals surface area (Å²) < 4.78 is 59.8. The highest BCUT2D eigenvalue weighted by Gasteiger charge is 2.24. The van der Waals surface area contributed by atoms with Crippen molar-refractivity contribution < 1.29 is 26.5 Å². The topological polar surface area (TPSA) is 136 Å². The van der Waals surface area contributed by atoms with Gasteiger partial charge in [0.2, 0.25) is 10.0 Å². The summed E-state index contributed by atoms with van der Waals surface area (Å²) in [6.07, 6.45) is 0. The Kier molecular flexibility index (Phi) is 7.01. The van der Waals surface area contributed by atoms with Crippen LogP contribution >= 0.6 is 0 Å². The van der Waals surface area contributed by atoms with Crippen molar-refractivity contribution in [3.63, 3.8) is 0 Å². The molecule has 0 aliphatic rings. The first-order chi connectivity index (χ1) is 15.5. The monoisotopic (exact) mass is 491 g/mol. The van der Waals surface area contributed by atoms with E-state index in [4.69, 9.17) is 4.74 Å². The molecular formula is C21H21N3O7S2. The van der Waals surface area contributed by atoms with Crippen molar-refractivity contribution in [3.8, 4) is 5.75 Å². The summed E-state index contributed by atoms with van der Waals surface area (Å²) in [7, 11) is -5.38. The second kappa shape index (κ2) is 9.57. The fourth-order valence-electron chi connectivity index (χ4n) is 3.00. The lowest BCUT2D eigenvalue weighted by Crippen LogP contribution is -2.26. The maximum atomic E-state index is 12.8. The zero-order valence-electron chi connectivity index (χ0n) is 17.7. The van der Waals surface area contributed by atoms with Crippen LogP contribution in [0.2, 0.25) is 0 Å². The summed E-state index contributed by atoms with van der Waals surface area (Å²) in [5.74, 6) is -0.0742. The molecule has 3 rings (SSSR count). The number of nitro groups is 1. The van der Waals surface area contributed by atoms with Crippen molar-refractivity contribution >= 4 is 31.4 Å². The minimum Gasteiger partial charge on any atom is -0.495 e. The number of hydrogen-bond donors (Lipinski definition) is 1. The molecule has 0 heterocycles. The van der Waals surface area contributed by atoms with Gasteiger partial charge in [-0.3, -0.25) is 14.8 Å². The number of anilines is 1. The molecule has 0 unspecified atom stereocenters. The van der Waals surface area contributed by atoms with Crippen LogP contribution in [0.4, 0.5) is 11.4 Å². The van der Waals surface area contributed by atoms with Gasteiger partial charge in [0, 0.05) is 31.4 Å². The number of nitro benzene ring substituents is 1. The number of benzene rings is 3. The Morgan fingerprint density at radius 3 is 2.18 bits per heavy atom. The molecule has 0 aliphatic carbocycles. The van der Waals surface area contributed by atoms with Crippen molar-refractivity contribution in [1.82, 2.24) is 4.31 Å². The summed E-state index contributed by atoms with van der Waals surface area (Å²) in [6, 6.07) is 17.4. The number of nitrogens with one attached hydrogen (secondary N) is 1. The molecule has 1 N–H and O–H groups in total. The van der Waals surface area contributed by atoms with Gasteiger partial charge in [0.1, 0.15) is 10.6 Å². The summed E-state index contributed by atoms with van der Waals surface area (Å²) in [5.41, 5.74) is 0.478. The van der Waals surface area contributed by atoms with Crippen LogP contribution in [0, 0.1) is 10.1 Å². The molecule has 10 nitrogen and oxygen atoms in total. The van der Waals surface area contributed by atoms with Gasteiger partial charge in [-0.1, -0.05) is 30.3 Å². The molecule has 0 atom stereocenters. The molecule has 174 valence electrons. The van der Waals surface area contributed by atoms with E-state index < -0.39 is 35.6 Å². The number of nitrogens with zero attached hydrogens (tertiary/aromatic N) is 2. The van der Waals surface area contributed by atoms with E-state index in [0.717, 1.165) is 17.7 Å². The van der Waals surface area contributed by atoms with E-state index in [-0.39, 0.29) is 22.9 Å². The molecule has 33 heavy (non-hydrogen) atoms. The van der Waals surface area contributed by atoms with Crippen LogP contribution in [-0.4, -0.2) is 40.2 Å². The van der Waals surface area contributed by atoms with Crippen LogP contribution in [0.3, 0.4) is 0 Å². The van der Waals surface area contributed by atoms with Crippen LogP contribution in [0.25, 0.3) is 0 Å². The Morgan fingerprint density at radius 1 is 0.970 bits per heavy atom. The minimum atomic E-state index is -4.26. The minimum absolute atomic E-state index is 0.0168. The molecule has 0 spiro atoms. The van der Waals surface area contributed by atoms with Crippen LogP contribution in [0.15, 0.2) is 82.6 Å². The normalized spacial score (nSPS) is 11.8. The summed E-state index contributed by atoms with van der Waals surface area (Å²) in [5, 5.41) is 11.0. The van der Waals surface area contributed by atoms with E-state index in [9.17, 15) is 26.9 Å². The van der Waals surface area contributed by atoms with Gasteiger partial charge in [0.15, 0.2) is 0 Å². The Hall–Kier alpha value is -3.48. The summed E-state index contributed by atoms with van der Waals surface area (Å²) >= 11 is 0. The van der Waals surface area contributed by atoms with Crippen molar-refractivity contribution in [1.29, 1.82) is 0 Å². The molecule has 0 aliphatic heterocycles. The Labute approximate surface area is 191 Å². The highest BCUT2D eigenvalue weighted by atomic mass is 32.2. The second-order valence-corrected chi connectivity index (χ2v) is 10.7. The van der Waals surface area contributed by atoms with Gasteiger partial charge in [0.25, 0.3) is 15.7 Å². The van der Waals surface area contributed by atoms with E-state index in [2.05, 4.69) is 4.72 Å². The molecule has 0 aromatic heterocycles. The van der Waals surface area contributed by atoms with Crippen LogP contribution in [0.1, 0.15) is 5.56 Å². The molecule has 0 amide bonds. The molecule has 12 heteroatoms. The van der Waals surface area contributed by atoms with Crippen LogP contribution in [-0.2, 0) is 26.6 Å². The average Bonchev–Trinajstić information content (AvgIpc) is 2.79. The Morgan fingerprint density at radius 2 is 1.61 bits per heavy atom. The quantitative estimate of drug-likeness (QED) is 0.358. The lowest BCUT2D eigenvalue weighted by atomic mass is 10.2. The predicted molar refractivity (Wildman–Crippen MR) is 122 cm³/mol. The number of ether oxygens (including phenoxy) is 1. The summed E-state index contributed by atoms with van der Waals surface area (Å²) in [4.78, 5) is 9.88. The van der Waals surface area contributed by atoms with E-state index in [1.807, 2.05) is 30.3 Å². The van der Waals surface area contributed by atoms with Crippen LogP contribution in [0.5, 0.6) is 5.75 Å². The zero-order valence-corrected chi connectivity index (χ0v) is 19.3. The second-order valence-electron chi connectivity index (χ2n) is 6.97. The molecule has 3 aromatic carbocycles. The summed E-state index contributed by atoms with van der Waals surface area (Å²) in [6.45, 7) is 0.171. The third-order valence-electron chi connectivity index (χ3n) is 4.71. The first-order valence-corrected chi connectivity index (χ1v) is 12.4. The molecular weight excluding hydrogens is 470 g/mol. The number of rotatable bonds is 9. The van der Waals surface area contributed by atoms with Crippen molar-refractivity contribution in [3.05, 3.63) is 88.5 Å². The van der Waals surface area contributed by atoms with Gasteiger partial charge in [-0.2, -0.15) is 4.31 Å². The third kappa shape index (κ3) is 5.48. The standard InChI is InChI=1S/C21H21N3O7S2/c1-23(15-16-6-4-3-5-7-16)33(29,30)19-11-8-17(9-12-19)22-32(27,28)21-14-18(24(25)26)10-13-20(21)31-2/h3-14,22H,15H2,1-2H3. The van der Waals surface area contributed by atoms with E-state index >= 15 is 0 Å². The number of non-ortho nitro benzene ring substituents is 1. The fourth-order valence-corrected chi connectivity index (χ4v) is 5.41. The van der Waals surface area contributed by atoms with Crippen molar-refractivity contribution in [2.24, 2.45) is 0 Å². The molecule has 0 radical (unpaired) electrons. The first-order valence-electron chi connectivity index (χ1n) is 9.50. The van der Waals surface area contributed by atoms with E-state index in [0.29, 0.717) is 0 Å². The Balaban J connectivity index is 1.83. The highest BCUT2D eigenvalue weighted by molar-refractivity contribution is 7.92. The SMILES string of the molecule is COc1ccc([N+](=O)[O-])cc1S(=O)(=O)Nc1ccc(S(=O)(=O)N(C)Cc2ccccc2)cc1. The average molecular weight is 492 g/mol. The zero-order chi connectivity index (χ0) is 24.2. The van der Waals surface area contributed by atoms with Crippen molar-refractivity contribution in [2.45, 2.75) is 16.3 Å². The number of sulfonamides is 2. The van der Waals surface area contributed by atoms with Gasteiger partial charge in [0.05, 0.1) is 16.9 Å². The molecule has 3 aromatic rings. The number of methoxy groups -OCH3 is 1. The largest absolute Gasteiger partial charge is 0.495 e. The molecule has 0 saturated carbocycles. The lowest BCUT2D eigenvalue weighted by molar-refractivity contribution is -0.385. The third-order valence-corrected chi connectivity index (χ3v) is 7.93. The van der Waals surface area contributed by atoms with Gasteiger partial charge < -0.3 is 4.74 Å². The highest BCUT2D eigenvalue weighted by Crippen LogP contribution is 2.30. The Bertz CT molecular complexity index is 1360. The van der Waals surface area contributed by atoms with Gasteiger partial charge in [-0.05, 0) is 35.9 Å². The van der Waals surface area contributed by atoms with Crippen molar-refractivity contribution in [2.75, 3.05) is 18.9 Å². The number of hydrogen-bond acceptors (Lipinski definition) is 7.